The molecule has 144 valence electrons. The van der Waals surface area contributed by atoms with Gasteiger partial charge in [-0.15, -0.1) is 0 Å². The van der Waals surface area contributed by atoms with Gasteiger partial charge in [0.25, 0.3) is 0 Å². The van der Waals surface area contributed by atoms with Crippen molar-refractivity contribution in [3.05, 3.63) is 77.5 Å². The molecule has 6 nitrogen and oxygen atoms in total. The summed E-state index contributed by atoms with van der Waals surface area (Å²) in [4.78, 5) is 20.8. The topological polar surface area (TPSA) is 76.1 Å². The fourth-order valence-electron chi connectivity index (χ4n) is 2.77. The number of benzene rings is 2. The molecule has 1 heterocycles. The smallest absolute Gasteiger partial charge is 0.338 e. The normalized spacial score (nSPS) is 11.5. The highest BCUT2D eigenvalue weighted by Gasteiger charge is 2.09. The molecule has 0 aliphatic rings. The molecular formula is C22H24N4O2. The third kappa shape index (κ3) is 5.07. The molecule has 0 bridgehead atoms. The number of aromatic nitrogens is 2. The van der Waals surface area contributed by atoms with Crippen LogP contribution in [0.5, 0.6) is 0 Å². The van der Waals surface area contributed by atoms with E-state index in [1.165, 1.54) is 0 Å². The maximum Gasteiger partial charge on any atom is 0.338 e. The molecule has 0 saturated heterocycles. The summed E-state index contributed by atoms with van der Waals surface area (Å²) < 4.78 is 5.00. The quantitative estimate of drug-likeness (QED) is 0.573. The van der Waals surface area contributed by atoms with Crippen LogP contribution in [-0.4, -0.2) is 22.5 Å². The molecule has 1 atom stereocenters. The SMILES string of the molecule is CCOC(=O)c1ccc(Nc2cc(C)nc(NC(C)c3ccccc3)n2)cc1. The number of esters is 1. The number of hydrogen-bond donors (Lipinski definition) is 2. The van der Waals surface area contributed by atoms with Crippen LogP contribution >= 0.6 is 0 Å². The number of hydrogen-bond acceptors (Lipinski definition) is 6. The van der Waals surface area contributed by atoms with Crippen molar-refractivity contribution in [1.29, 1.82) is 0 Å². The standard InChI is InChI=1S/C22H24N4O2/c1-4-28-21(27)18-10-12-19(13-11-18)25-20-14-15(2)23-22(26-20)24-16(3)17-8-6-5-7-9-17/h5-14,16H,4H2,1-3H3,(H2,23,24,25,26). The highest BCUT2D eigenvalue weighted by atomic mass is 16.5. The third-order valence-corrected chi connectivity index (χ3v) is 4.17. The Morgan fingerprint density at radius 1 is 1.07 bits per heavy atom. The van der Waals surface area contributed by atoms with Crippen LogP contribution in [-0.2, 0) is 4.74 Å². The summed E-state index contributed by atoms with van der Waals surface area (Å²) in [6.45, 7) is 6.14. The summed E-state index contributed by atoms with van der Waals surface area (Å²) >= 11 is 0. The Hall–Kier alpha value is -3.41. The lowest BCUT2D eigenvalue weighted by Crippen LogP contribution is -2.10. The van der Waals surface area contributed by atoms with E-state index in [9.17, 15) is 4.79 Å². The maximum atomic E-state index is 11.8. The number of aryl methyl sites for hydroxylation is 1. The molecule has 28 heavy (non-hydrogen) atoms. The molecule has 0 amide bonds. The number of rotatable bonds is 7. The Kier molecular flexibility index (Phi) is 6.22. The van der Waals surface area contributed by atoms with Crippen LogP contribution in [0.25, 0.3) is 0 Å². The molecule has 6 heteroatoms. The van der Waals surface area contributed by atoms with Gasteiger partial charge < -0.3 is 15.4 Å². The van der Waals surface area contributed by atoms with Gasteiger partial charge in [-0.25, -0.2) is 9.78 Å². The number of carbonyl (C=O) groups is 1. The average Bonchev–Trinajstić information content (AvgIpc) is 2.69. The molecule has 2 aromatic carbocycles. The van der Waals surface area contributed by atoms with Crippen LogP contribution in [0.1, 0.15) is 41.5 Å². The predicted molar refractivity (Wildman–Crippen MR) is 111 cm³/mol. The van der Waals surface area contributed by atoms with Crippen molar-refractivity contribution in [2.45, 2.75) is 26.8 Å². The lowest BCUT2D eigenvalue weighted by Gasteiger charge is -2.15. The average molecular weight is 376 g/mol. The number of ether oxygens (including phenoxy) is 1. The van der Waals surface area contributed by atoms with Crippen molar-refractivity contribution in [3.63, 3.8) is 0 Å². The van der Waals surface area contributed by atoms with Crippen LogP contribution in [0.2, 0.25) is 0 Å². The van der Waals surface area contributed by atoms with Crippen molar-refractivity contribution in [3.8, 4) is 0 Å². The molecule has 2 N–H and O–H groups in total. The van der Waals surface area contributed by atoms with Gasteiger partial charge >= 0.3 is 5.97 Å². The van der Waals surface area contributed by atoms with E-state index in [1.807, 2.05) is 43.3 Å². The second kappa shape index (κ2) is 8.99. The highest BCUT2D eigenvalue weighted by Crippen LogP contribution is 2.21. The molecular weight excluding hydrogens is 352 g/mol. The summed E-state index contributed by atoms with van der Waals surface area (Å²) in [5.41, 5.74) is 3.36. The number of anilines is 3. The summed E-state index contributed by atoms with van der Waals surface area (Å²) in [6, 6.07) is 19.2. The zero-order valence-corrected chi connectivity index (χ0v) is 16.3. The minimum atomic E-state index is -0.326. The van der Waals surface area contributed by atoms with Crippen molar-refractivity contribution in [2.75, 3.05) is 17.2 Å². The number of nitrogens with one attached hydrogen (secondary N) is 2. The second-order valence-corrected chi connectivity index (χ2v) is 6.42. The first-order valence-corrected chi connectivity index (χ1v) is 9.26. The Bertz CT molecular complexity index is 927. The first-order chi connectivity index (χ1) is 13.5. The Labute approximate surface area is 165 Å². The molecule has 3 aromatic rings. The molecule has 1 aromatic heterocycles. The van der Waals surface area contributed by atoms with Gasteiger partial charge in [-0.05, 0) is 50.6 Å². The third-order valence-electron chi connectivity index (χ3n) is 4.17. The Morgan fingerprint density at radius 2 is 1.79 bits per heavy atom. The fourth-order valence-corrected chi connectivity index (χ4v) is 2.77. The zero-order valence-electron chi connectivity index (χ0n) is 16.3. The minimum Gasteiger partial charge on any atom is -0.462 e. The van der Waals surface area contributed by atoms with Gasteiger partial charge in [0.2, 0.25) is 5.95 Å². The molecule has 0 radical (unpaired) electrons. The Morgan fingerprint density at radius 3 is 2.46 bits per heavy atom. The van der Waals surface area contributed by atoms with Crippen molar-refractivity contribution in [1.82, 2.24) is 9.97 Å². The zero-order chi connectivity index (χ0) is 19.9. The van der Waals surface area contributed by atoms with Crippen LogP contribution in [0.4, 0.5) is 17.5 Å². The van der Waals surface area contributed by atoms with Crippen LogP contribution in [0.15, 0.2) is 60.7 Å². The molecule has 0 fully saturated rings. The van der Waals surface area contributed by atoms with E-state index in [4.69, 9.17) is 4.74 Å². The van der Waals surface area contributed by atoms with Gasteiger partial charge in [0.1, 0.15) is 5.82 Å². The molecule has 0 saturated carbocycles. The van der Waals surface area contributed by atoms with Gasteiger partial charge in [-0.2, -0.15) is 4.98 Å². The summed E-state index contributed by atoms with van der Waals surface area (Å²) in [6.07, 6.45) is 0. The highest BCUT2D eigenvalue weighted by molar-refractivity contribution is 5.89. The first kappa shape index (κ1) is 19.4. The van der Waals surface area contributed by atoms with Crippen molar-refractivity contribution < 1.29 is 9.53 Å². The first-order valence-electron chi connectivity index (χ1n) is 9.26. The van der Waals surface area contributed by atoms with E-state index in [0.717, 1.165) is 16.9 Å². The largest absolute Gasteiger partial charge is 0.462 e. The van der Waals surface area contributed by atoms with Crippen molar-refractivity contribution >= 4 is 23.4 Å². The van der Waals surface area contributed by atoms with Crippen molar-refractivity contribution in [2.24, 2.45) is 0 Å². The summed E-state index contributed by atoms with van der Waals surface area (Å²) in [5, 5.41) is 6.59. The maximum absolute atomic E-state index is 11.8. The van der Waals surface area contributed by atoms with E-state index >= 15 is 0 Å². The molecule has 0 aliphatic carbocycles. The van der Waals surface area contributed by atoms with E-state index in [-0.39, 0.29) is 12.0 Å². The predicted octanol–water partition coefficient (Wildman–Crippen LogP) is 4.88. The lowest BCUT2D eigenvalue weighted by atomic mass is 10.1. The second-order valence-electron chi connectivity index (χ2n) is 6.42. The van der Waals surface area contributed by atoms with E-state index in [2.05, 4.69) is 39.7 Å². The van der Waals surface area contributed by atoms with Gasteiger partial charge in [0.15, 0.2) is 0 Å². The lowest BCUT2D eigenvalue weighted by molar-refractivity contribution is 0.0526. The molecule has 0 spiro atoms. The van der Waals surface area contributed by atoms with E-state index in [1.54, 1.807) is 19.1 Å². The van der Waals surface area contributed by atoms with E-state index in [0.29, 0.717) is 23.9 Å². The molecule has 1 unspecified atom stereocenters. The fraction of sp³-hybridized carbons (Fsp3) is 0.227. The van der Waals surface area contributed by atoms with Crippen LogP contribution < -0.4 is 10.6 Å². The van der Waals surface area contributed by atoms with Crippen LogP contribution in [0, 0.1) is 6.92 Å². The van der Waals surface area contributed by atoms with Gasteiger partial charge in [-0.3, -0.25) is 0 Å². The van der Waals surface area contributed by atoms with Gasteiger partial charge in [-0.1, -0.05) is 30.3 Å². The van der Waals surface area contributed by atoms with Gasteiger partial charge in [0, 0.05) is 17.4 Å². The number of nitrogens with zero attached hydrogens (tertiary/aromatic N) is 2. The summed E-state index contributed by atoms with van der Waals surface area (Å²) in [5.74, 6) is 0.912. The molecule has 0 aliphatic heterocycles. The number of carbonyl (C=O) groups excluding carboxylic acids is 1. The monoisotopic (exact) mass is 376 g/mol. The van der Waals surface area contributed by atoms with E-state index < -0.39 is 0 Å². The van der Waals surface area contributed by atoms with Gasteiger partial charge in [0.05, 0.1) is 18.2 Å². The molecule has 3 rings (SSSR count). The van der Waals surface area contributed by atoms with Crippen LogP contribution in [0.3, 0.4) is 0 Å². The summed E-state index contributed by atoms with van der Waals surface area (Å²) in [7, 11) is 0. The minimum absolute atomic E-state index is 0.0831. The Balaban J connectivity index is 1.72.